The number of pyridine rings is 1. The van der Waals surface area contributed by atoms with Crippen LogP contribution in [-0.2, 0) is 0 Å². The lowest BCUT2D eigenvalue weighted by Crippen LogP contribution is -2.20. The Bertz CT molecular complexity index is 1040. The van der Waals surface area contributed by atoms with Gasteiger partial charge in [-0.15, -0.1) is 0 Å². The second kappa shape index (κ2) is 7.54. The summed E-state index contributed by atoms with van der Waals surface area (Å²) in [5.74, 6) is 0.947. The Kier molecular flexibility index (Phi) is 5.07. The molecule has 0 spiro atoms. The Balaban J connectivity index is 1.80. The average molecular weight is 392 g/mol. The third kappa shape index (κ3) is 3.86. The molecule has 3 aromatic rings. The summed E-state index contributed by atoms with van der Waals surface area (Å²) in [7, 11) is 0. The lowest BCUT2D eigenvalue weighted by molar-refractivity contribution is 0.0860. The monoisotopic (exact) mass is 391 g/mol. The number of Topliss-reactive ketones (excluding diaryl/α,β-unsaturated/α-hetero) is 1. The van der Waals surface area contributed by atoms with E-state index in [1.165, 1.54) is 18.5 Å². The molecule has 0 amide bonds. The van der Waals surface area contributed by atoms with E-state index in [9.17, 15) is 4.79 Å². The number of hydrogen-bond acceptors (Lipinski definition) is 4. The molecule has 2 aromatic heterocycles. The molecule has 29 heavy (non-hydrogen) atoms. The topological polar surface area (TPSA) is 58.2 Å². The Morgan fingerprint density at radius 2 is 1.93 bits per heavy atom. The van der Waals surface area contributed by atoms with Gasteiger partial charge in [0, 0.05) is 42.0 Å². The number of fused-ring (bicyclic) bond motifs is 1. The summed E-state index contributed by atoms with van der Waals surface area (Å²) in [6.45, 7) is 10.6. The van der Waals surface area contributed by atoms with E-state index in [0.29, 0.717) is 12.2 Å². The van der Waals surface area contributed by atoms with Gasteiger partial charge in [-0.3, -0.25) is 4.79 Å². The van der Waals surface area contributed by atoms with Crippen LogP contribution in [0.1, 0.15) is 50.9 Å². The molecule has 4 rings (SSSR count). The number of benzene rings is 1. The predicted octanol–water partition coefficient (Wildman–Crippen LogP) is 5.46. The normalized spacial score (nSPS) is 14.6. The Labute approximate surface area is 172 Å². The van der Waals surface area contributed by atoms with Gasteiger partial charge in [0.05, 0.1) is 28.9 Å². The zero-order valence-electron chi connectivity index (χ0n) is 17.7. The second-order valence-corrected chi connectivity index (χ2v) is 8.72. The molecule has 0 bridgehead atoms. The van der Waals surface area contributed by atoms with E-state index < -0.39 is 5.41 Å². The Morgan fingerprint density at radius 3 is 2.62 bits per heavy atom. The first-order valence-corrected chi connectivity index (χ1v) is 10.4. The molecular weight excluding hydrogens is 362 g/mol. The number of carbonyl (C=O) groups is 1. The maximum atomic E-state index is 12.9. The summed E-state index contributed by atoms with van der Waals surface area (Å²) >= 11 is 0. The zero-order chi connectivity index (χ0) is 20.6. The molecular formula is C24H29N3O2. The summed E-state index contributed by atoms with van der Waals surface area (Å²) in [5.41, 5.74) is 4.83. The molecule has 5 nitrogen and oxygen atoms in total. The van der Waals surface area contributed by atoms with Gasteiger partial charge in [0.15, 0.2) is 5.78 Å². The molecule has 1 N–H and O–H groups in total. The first kappa shape index (κ1) is 19.5. The van der Waals surface area contributed by atoms with E-state index in [1.807, 2.05) is 45.9 Å². The van der Waals surface area contributed by atoms with Crippen LogP contribution >= 0.6 is 0 Å². The molecule has 3 heterocycles. The van der Waals surface area contributed by atoms with Gasteiger partial charge in [-0.2, -0.15) is 0 Å². The number of nitrogens with one attached hydrogen (secondary N) is 1. The third-order valence-corrected chi connectivity index (χ3v) is 5.42. The number of nitrogens with zero attached hydrogens (tertiary/aromatic N) is 2. The molecule has 0 unspecified atom stereocenters. The Hall–Kier alpha value is -2.82. The fourth-order valence-electron chi connectivity index (χ4n) is 3.88. The van der Waals surface area contributed by atoms with Gasteiger partial charge < -0.3 is 14.6 Å². The average Bonchev–Trinajstić information content (AvgIpc) is 3.36. The summed E-state index contributed by atoms with van der Waals surface area (Å²) in [5, 5.41) is 0. The van der Waals surface area contributed by atoms with Crippen molar-refractivity contribution >= 4 is 22.5 Å². The summed E-state index contributed by atoms with van der Waals surface area (Å²) in [6, 6.07) is 10.3. The van der Waals surface area contributed by atoms with Crippen molar-refractivity contribution in [1.82, 2.24) is 9.97 Å². The molecule has 1 fully saturated rings. The van der Waals surface area contributed by atoms with Crippen molar-refractivity contribution in [3.8, 4) is 17.0 Å². The minimum Gasteiger partial charge on any atom is -0.494 e. The van der Waals surface area contributed by atoms with Crippen LogP contribution < -0.4 is 9.64 Å². The molecule has 0 radical (unpaired) electrons. The molecule has 1 aliphatic heterocycles. The first-order chi connectivity index (χ1) is 13.9. The summed E-state index contributed by atoms with van der Waals surface area (Å²) in [4.78, 5) is 23.3. The lowest BCUT2D eigenvalue weighted by atomic mass is 9.87. The highest BCUT2D eigenvalue weighted by atomic mass is 16.5. The van der Waals surface area contributed by atoms with Crippen LogP contribution in [0.3, 0.4) is 0 Å². The fourth-order valence-corrected chi connectivity index (χ4v) is 3.88. The molecule has 152 valence electrons. The van der Waals surface area contributed by atoms with E-state index in [0.717, 1.165) is 41.1 Å². The van der Waals surface area contributed by atoms with Gasteiger partial charge in [0.2, 0.25) is 0 Å². The van der Waals surface area contributed by atoms with Gasteiger partial charge in [-0.25, -0.2) is 4.98 Å². The van der Waals surface area contributed by atoms with Crippen LogP contribution in [-0.4, -0.2) is 35.4 Å². The van der Waals surface area contributed by atoms with Gasteiger partial charge in [0.1, 0.15) is 5.75 Å². The number of H-pyrrole nitrogens is 1. The van der Waals surface area contributed by atoms with Gasteiger partial charge in [0.25, 0.3) is 0 Å². The van der Waals surface area contributed by atoms with Crippen LogP contribution in [0.5, 0.6) is 5.75 Å². The quantitative estimate of drug-likeness (QED) is 0.587. The second-order valence-electron chi connectivity index (χ2n) is 8.72. The van der Waals surface area contributed by atoms with Gasteiger partial charge in [-0.1, -0.05) is 20.8 Å². The minimum atomic E-state index is -0.454. The van der Waals surface area contributed by atoms with E-state index in [2.05, 4.69) is 22.0 Å². The van der Waals surface area contributed by atoms with Gasteiger partial charge >= 0.3 is 0 Å². The maximum absolute atomic E-state index is 12.9. The number of carbonyl (C=O) groups excluding carboxylic acids is 1. The number of anilines is 1. The number of rotatable bonds is 5. The summed E-state index contributed by atoms with van der Waals surface area (Å²) < 4.78 is 5.83. The van der Waals surface area contributed by atoms with Gasteiger partial charge in [-0.05, 0) is 44.0 Å². The van der Waals surface area contributed by atoms with Crippen molar-refractivity contribution < 1.29 is 9.53 Å². The fraction of sp³-hybridized carbons (Fsp3) is 0.417. The summed E-state index contributed by atoms with van der Waals surface area (Å²) in [6.07, 6.45) is 4.22. The van der Waals surface area contributed by atoms with Crippen molar-refractivity contribution in [2.75, 3.05) is 24.6 Å². The van der Waals surface area contributed by atoms with E-state index in [1.54, 1.807) is 6.20 Å². The van der Waals surface area contributed by atoms with Crippen LogP contribution in [0.15, 0.2) is 36.5 Å². The number of hydrogen-bond donors (Lipinski definition) is 1. The Morgan fingerprint density at radius 1 is 1.17 bits per heavy atom. The number of aromatic amines is 1. The molecule has 0 aliphatic carbocycles. The first-order valence-electron chi connectivity index (χ1n) is 10.4. The molecule has 5 heteroatoms. The van der Waals surface area contributed by atoms with Crippen LogP contribution in [0.2, 0.25) is 0 Å². The van der Waals surface area contributed by atoms with Crippen molar-refractivity contribution in [3.63, 3.8) is 0 Å². The SMILES string of the molecule is CCOc1cc(-c2ccc3[nH]cc(C(=O)C(C)(C)C)c3n2)cc(N2CCCC2)c1. The lowest BCUT2D eigenvalue weighted by Gasteiger charge is -2.20. The number of aromatic nitrogens is 2. The highest BCUT2D eigenvalue weighted by molar-refractivity contribution is 6.09. The number of ether oxygens (including phenoxy) is 1. The molecule has 0 atom stereocenters. The highest BCUT2D eigenvalue weighted by Gasteiger charge is 2.26. The van der Waals surface area contributed by atoms with E-state index in [4.69, 9.17) is 9.72 Å². The molecule has 1 saturated heterocycles. The number of ketones is 1. The molecule has 1 aromatic carbocycles. The van der Waals surface area contributed by atoms with Crippen molar-refractivity contribution in [3.05, 3.63) is 42.1 Å². The minimum absolute atomic E-state index is 0.0919. The molecule has 0 saturated carbocycles. The smallest absolute Gasteiger partial charge is 0.171 e. The van der Waals surface area contributed by atoms with Crippen molar-refractivity contribution in [2.45, 2.75) is 40.5 Å². The van der Waals surface area contributed by atoms with Crippen LogP contribution in [0.4, 0.5) is 5.69 Å². The highest BCUT2D eigenvalue weighted by Crippen LogP contribution is 2.33. The standard InChI is InChI=1S/C24H29N3O2/c1-5-29-18-13-16(12-17(14-18)27-10-6-7-11-27)20-8-9-21-22(26-20)19(15-25-21)23(28)24(2,3)4/h8-9,12-15,25H,5-7,10-11H2,1-4H3. The van der Waals surface area contributed by atoms with Crippen LogP contribution in [0.25, 0.3) is 22.3 Å². The maximum Gasteiger partial charge on any atom is 0.171 e. The van der Waals surface area contributed by atoms with Crippen LogP contribution in [0, 0.1) is 5.41 Å². The largest absolute Gasteiger partial charge is 0.494 e. The van der Waals surface area contributed by atoms with E-state index >= 15 is 0 Å². The third-order valence-electron chi connectivity index (χ3n) is 5.42. The zero-order valence-corrected chi connectivity index (χ0v) is 17.7. The predicted molar refractivity (Wildman–Crippen MR) is 118 cm³/mol. The van der Waals surface area contributed by atoms with Crippen molar-refractivity contribution in [2.24, 2.45) is 5.41 Å². The molecule has 1 aliphatic rings. The van der Waals surface area contributed by atoms with Crippen molar-refractivity contribution in [1.29, 1.82) is 0 Å². The van der Waals surface area contributed by atoms with E-state index in [-0.39, 0.29) is 5.78 Å².